The predicted molar refractivity (Wildman–Crippen MR) is 68.0 cm³/mol. The van der Waals surface area contributed by atoms with Gasteiger partial charge in [0.2, 0.25) is 11.8 Å². The molecule has 0 spiro atoms. The first kappa shape index (κ1) is 12.9. The maximum Gasteiger partial charge on any atom is 0.235 e. The van der Waals surface area contributed by atoms with Gasteiger partial charge in [0.05, 0.1) is 12.0 Å². The van der Waals surface area contributed by atoms with E-state index < -0.39 is 5.41 Å². The fraction of sp³-hybridized carbons (Fsp3) is 0.636. The summed E-state index contributed by atoms with van der Waals surface area (Å²) in [6, 6.07) is 0. The van der Waals surface area contributed by atoms with Crippen LogP contribution in [-0.4, -0.2) is 32.8 Å². The molecule has 1 aliphatic heterocycles. The molecule has 1 aliphatic rings. The summed E-state index contributed by atoms with van der Waals surface area (Å²) >= 11 is 1.24. The third-order valence-electron chi connectivity index (χ3n) is 2.92. The lowest BCUT2D eigenvalue weighted by Crippen LogP contribution is -2.32. The summed E-state index contributed by atoms with van der Waals surface area (Å²) in [7, 11) is 0. The fourth-order valence-electron chi connectivity index (χ4n) is 1.94. The Bertz CT molecular complexity index is 483. The highest BCUT2D eigenvalue weighted by atomic mass is 32.1. The van der Waals surface area contributed by atoms with E-state index in [1.54, 1.807) is 13.8 Å². The lowest BCUT2D eigenvalue weighted by molar-refractivity contribution is -0.141. The lowest BCUT2D eigenvalue weighted by atomic mass is 9.92. The topological polar surface area (TPSA) is 75.2 Å². The van der Waals surface area contributed by atoms with Crippen LogP contribution in [0.3, 0.4) is 0 Å². The van der Waals surface area contributed by atoms with Crippen LogP contribution in [0.25, 0.3) is 0 Å². The van der Waals surface area contributed by atoms with E-state index >= 15 is 0 Å². The van der Waals surface area contributed by atoms with Crippen LogP contribution in [0.1, 0.15) is 32.9 Å². The summed E-state index contributed by atoms with van der Waals surface area (Å²) in [6.45, 7) is 6.51. The van der Waals surface area contributed by atoms with Crippen molar-refractivity contribution in [1.29, 1.82) is 0 Å². The Balaban J connectivity index is 2.17. The second kappa shape index (κ2) is 4.64. The molecule has 0 saturated carbocycles. The molecule has 1 aromatic rings. The largest absolute Gasteiger partial charge is 0.374 e. The van der Waals surface area contributed by atoms with Gasteiger partial charge in [-0.3, -0.25) is 14.5 Å². The Morgan fingerprint density at radius 1 is 1.44 bits per heavy atom. The van der Waals surface area contributed by atoms with Gasteiger partial charge in [-0.05, 0) is 6.92 Å². The van der Waals surface area contributed by atoms with Gasteiger partial charge in [0.25, 0.3) is 0 Å². The van der Waals surface area contributed by atoms with Crippen LogP contribution in [0, 0.1) is 5.41 Å². The summed E-state index contributed by atoms with van der Waals surface area (Å²) in [5.41, 5.74) is 0.0556. The quantitative estimate of drug-likeness (QED) is 0.832. The first-order valence-corrected chi connectivity index (χ1v) is 6.63. The second-order valence-corrected chi connectivity index (χ2v) is 5.68. The Labute approximate surface area is 110 Å². The van der Waals surface area contributed by atoms with Crippen molar-refractivity contribution in [2.75, 3.05) is 11.9 Å². The number of carbonyl (C=O) groups excluding carboxylic acids is 2. The number of imide groups is 1. The molecule has 1 aromatic heterocycles. The van der Waals surface area contributed by atoms with E-state index in [1.807, 2.05) is 6.92 Å². The number of anilines is 1. The zero-order valence-corrected chi connectivity index (χ0v) is 11.5. The van der Waals surface area contributed by atoms with Crippen molar-refractivity contribution >= 4 is 28.3 Å². The molecule has 98 valence electrons. The van der Waals surface area contributed by atoms with Crippen molar-refractivity contribution < 1.29 is 9.59 Å². The van der Waals surface area contributed by atoms with Crippen molar-refractivity contribution in [3.63, 3.8) is 0 Å². The monoisotopic (exact) mass is 268 g/mol. The average Bonchev–Trinajstić information content (AvgIpc) is 2.78. The van der Waals surface area contributed by atoms with Gasteiger partial charge in [0.1, 0.15) is 10.7 Å². The number of aromatic nitrogens is 2. The molecule has 0 radical (unpaired) electrons. The van der Waals surface area contributed by atoms with Crippen LogP contribution in [-0.2, 0) is 16.1 Å². The molecule has 7 heteroatoms. The Kier molecular flexibility index (Phi) is 3.34. The minimum absolute atomic E-state index is 0.136. The molecule has 0 unspecified atom stereocenters. The average molecular weight is 268 g/mol. The van der Waals surface area contributed by atoms with Crippen LogP contribution in [0.5, 0.6) is 0 Å². The highest BCUT2D eigenvalue weighted by Gasteiger charge is 2.45. The van der Waals surface area contributed by atoms with Crippen molar-refractivity contribution in [3.8, 4) is 0 Å². The van der Waals surface area contributed by atoms with Crippen LogP contribution < -0.4 is 5.32 Å². The van der Waals surface area contributed by atoms with Crippen LogP contribution in [0.15, 0.2) is 0 Å². The van der Waals surface area contributed by atoms with Crippen LogP contribution in [0.2, 0.25) is 0 Å². The summed E-state index contributed by atoms with van der Waals surface area (Å²) in [4.78, 5) is 25.2. The molecule has 1 fully saturated rings. The molecule has 1 N–H and O–H groups in total. The molecule has 2 amide bonds. The van der Waals surface area contributed by atoms with E-state index in [0.717, 1.165) is 11.5 Å². The van der Waals surface area contributed by atoms with Gasteiger partial charge in [-0.2, -0.15) is 0 Å². The first-order chi connectivity index (χ1) is 8.45. The number of nitrogens with zero attached hydrogens (tertiary/aromatic N) is 3. The van der Waals surface area contributed by atoms with Crippen molar-refractivity contribution in [3.05, 3.63) is 5.69 Å². The normalized spacial score (nSPS) is 18.5. The zero-order valence-electron chi connectivity index (χ0n) is 10.7. The van der Waals surface area contributed by atoms with Crippen molar-refractivity contribution in [2.45, 2.75) is 33.7 Å². The van der Waals surface area contributed by atoms with Crippen LogP contribution >= 0.6 is 11.5 Å². The molecule has 0 atom stereocenters. The van der Waals surface area contributed by atoms with Crippen LogP contribution in [0.4, 0.5) is 5.00 Å². The minimum Gasteiger partial charge on any atom is -0.374 e. The van der Waals surface area contributed by atoms with E-state index in [4.69, 9.17) is 0 Å². The standard InChI is InChI=1S/C11H16N4O2S/c1-4-12-9-7(13-14-18-9)6-15-8(16)5-11(2,3)10(15)17/h12H,4-6H2,1-3H3. The summed E-state index contributed by atoms with van der Waals surface area (Å²) in [5, 5.41) is 7.92. The second-order valence-electron chi connectivity index (χ2n) is 4.92. The van der Waals surface area contributed by atoms with Gasteiger partial charge < -0.3 is 5.32 Å². The molecular weight excluding hydrogens is 252 g/mol. The van der Waals surface area contributed by atoms with Crippen molar-refractivity contribution in [2.24, 2.45) is 5.41 Å². The third-order valence-corrected chi connectivity index (χ3v) is 3.65. The Morgan fingerprint density at radius 2 is 2.17 bits per heavy atom. The van der Waals surface area contributed by atoms with Crippen molar-refractivity contribution in [1.82, 2.24) is 14.5 Å². The molecule has 0 bridgehead atoms. The van der Waals surface area contributed by atoms with Gasteiger partial charge in [-0.15, -0.1) is 5.10 Å². The molecule has 6 nitrogen and oxygen atoms in total. The fourth-order valence-corrected chi connectivity index (χ4v) is 2.59. The van der Waals surface area contributed by atoms with E-state index in [0.29, 0.717) is 5.69 Å². The first-order valence-electron chi connectivity index (χ1n) is 5.85. The van der Waals surface area contributed by atoms with Gasteiger partial charge in [-0.1, -0.05) is 18.3 Å². The van der Waals surface area contributed by atoms with Gasteiger partial charge in [0.15, 0.2) is 0 Å². The van der Waals surface area contributed by atoms with Gasteiger partial charge in [-0.25, -0.2) is 0 Å². The highest BCUT2D eigenvalue weighted by Crippen LogP contribution is 2.33. The molecule has 2 rings (SSSR count). The summed E-state index contributed by atoms with van der Waals surface area (Å²) in [6.07, 6.45) is 0.264. The number of nitrogens with one attached hydrogen (secondary N) is 1. The SMILES string of the molecule is CCNc1snnc1CN1C(=O)CC(C)(C)C1=O. The highest BCUT2D eigenvalue weighted by molar-refractivity contribution is 7.10. The molecule has 1 saturated heterocycles. The molecule has 0 aromatic carbocycles. The maximum absolute atomic E-state index is 12.1. The van der Waals surface area contributed by atoms with E-state index in [9.17, 15) is 9.59 Å². The number of likely N-dealkylation sites (tertiary alicyclic amines) is 1. The number of amides is 2. The molecule has 2 heterocycles. The zero-order chi connectivity index (χ0) is 13.3. The minimum atomic E-state index is -0.598. The lowest BCUT2D eigenvalue weighted by Gasteiger charge is -2.17. The summed E-state index contributed by atoms with van der Waals surface area (Å²) in [5.74, 6) is -0.275. The summed E-state index contributed by atoms with van der Waals surface area (Å²) < 4.78 is 3.85. The third kappa shape index (κ3) is 2.22. The number of carbonyl (C=O) groups is 2. The Morgan fingerprint density at radius 3 is 2.72 bits per heavy atom. The number of hydrogen-bond acceptors (Lipinski definition) is 6. The van der Waals surface area contributed by atoms with E-state index in [2.05, 4.69) is 14.9 Å². The number of hydrogen-bond donors (Lipinski definition) is 1. The van der Waals surface area contributed by atoms with E-state index in [-0.39, 0.29) is 24.8 Å². The smallest absolute Gasteiger partial charge is 0.235 e. The molecular formula is C11H16N4O2S. The predicted octanol–water partition coefficient (Wildman–Crippen LogP) is 1.25. The Hall–Kier alpha value is -1.50. The van der Waals surface area contributed by atoms with Gasteiger partial charge in [0, 0.05) is 24.5 Å². The van der Waals surface area contributed by atoms with E-state index in [1.165, 1.54) is 16.4 Å². The maximum atomic E-state index is 12.1. The molecule has 18 heavy (non-hydrogen) atoms. The van der Waals surface area contributed by atoms with Gasteiger partial charge >= 0.3 is 0 Å². The molecule has 0 aliphatic carbocycles. The number of rotatable bonds is 4.